The number of methoxy groups -OCH3 is 1. The Kier molecular flexibility index (Phi) is 5.81. The molecule has 0 aliphatic heterocycles. The summed E-state index contributed by atoms with van der Waals surface area (Å²) < 4.78 is 6.64. The van der Waals surface area contributed by atoms with E-state index in [9.17, 15) is 0 Å². The van der Waals surface area contributed by atoms with Gasteiger partial charge < -0.3 is 0 Å². The van der Waals surface area contributed by atoms with Gasteiger partial charge in [0.25, 0.3) is 0 Å². The van der Waals surface area contributed by atoms with Crippen molar-refractivity contribution >= 4 is 19.4 Å². The van der Waals surface area contributed by atoms with E-state index in [1.165, 1.54) is 41.3 Å². The third-order valence-corrected chi connectivity index (χ3v) is 6.61. The van der Waals surface area contributed by atoms with Crippen LogP contribution in [0.4, 0.5) is 0 Å². The summed E-state index contributed by atoms with van der Waals surface area (Å²) in [7, 11) is 1.71. The monoisotopic (exact) mass is 370 g/mol. The molecule has 0 heterocycles. The predicted molar refractivity (Wildman–Crippen MR) is 97.4 cm³/mol. The number of hydrogen-bond donors (Lipinski definition) is 0. The zero-order valence-corrected chi connectivity index (χ0v) is 15.3. The Morgan fingerprint density at radius 2 is 1.78 bits per heavy atom. The molecule has 0 radical (unpaired) electrons. The molecule has 0 amide bonds. The zero-order chi connectivity index (χ0) is 15.9. The second-order valence-corrected chi connectivity index (χ2v) is 8.02. The van der Waals surface area contributed by atoms with Crippen LogP contribution in [0.25, 0.3) is 0 Å². The van der Waals surface area contributed by atoms with Crippen molar-refractivity contribution in [1.82, 2.24) is 0 Å². The van der Waals surface area contributed by atoms with Crippen LogP contribution in [0.5, 0.6) is 5.75 Å². The van der Waals surface area contributed by atoms with E-state index in [1.807, 2.05) is 12.1 Å². The van der Waals surface area contributed by atoms with Gasteiger partial charge in [-0.1, -0.05) is 0 Å². The average molecular weight is 369 g/mol. The molecule has 2 heteroatoms. The molecule has 0 unspecified atom stereocenters. The van der Waals surface area contributed by atoms with Crippen LogP contribution in [0.3, 0.4) is 0 Å². The van der Waals surface area contributed by atoms with Gasteiger partial charge in [-0.3, -0.25) is 0 Å². The molecule has 1 nitrogen and oxygen atoms in total. The molecule has 0 bridgehead atoms. The Morgan fingerprint density at radius 1 is 1.04 bits per heavy atom. The van der Waals surface area contributed by atoms with Gasteiger partial charge in [0.1, 0.15) is 0 Å². The minimum absolute atomic E-state index is 0.412. The summed E-state index contributed by atoms with van der Waals surface area (Å²) in [5.74, 6) is 8.49. The van der Waals surface area contributed by atoms with Crippen LogP contribution in [0.1, 0.15) is 36.8 Å². The fourth-order valence-corrected chi connectivity index (χ4v) is 4.85. The van der Waals surface area contributed by atoms with E-state index >= 15 is 0 Å². The van der Waals surface area contributed by atoms with E-state index in [-0.39, 0.29) is 0 Å². The van der Waals surface area contributed by atoms with Gasteiger partial charge >= 0.3 is 145 Å². The molecule has 1 aliphatic carbocycles. The fraction of sp³-hybridized carbons (Fsp3) is 0.333. The van der Waals surface area contributed by atoms with Gasteiger partial charge in [-0.05, 0) is 0 Å². The second-order valence-electron chi connectivity index (χ2n) is 5.88. The van der Waals surface area contributed by atoms with Gasteiger partial charge in [0.05, 0.1) is 0 Å². The quantitative estimate of drug-likeness (QED) is 0.589. The molecule has 0 saturated heterocycles. The van der Waals surface area contributed by atoms with E-state index in [4.69, 9.17) is 4.74 Å². The molecule has 0 spiro atoms. The van der Waals surface area contributed by atoms with Gasteiger partial charge in [0.15, 0.2) is 0 Å². The Hall–Kier alpha value is -1.68. The third kappa shape index (κ3) is 4.64. The van der Waals surface area contributed by atoms with Crippen LogP contribution in [0, 0.1) is 17.8 Å². The first-order chi connectivity index (χ1) is 11.3. The Labute approximate surface area is 145 Å². The van der Waals surface area contributed by atoms with Gasteiger partial charge in [0, 0.05) is 0 Å². The van der Waals surface area contributed by atoms with Crippen molar-refractivity contribution in [2.75, 3.05) is 7.11 Å². The van der Waals surface area contributed by atoms with Crippen molar-refractivity contribution in [2.45, 2.75) is 31.0 Å². The first-order valence-corrected chi connectivity index (χ1v) is 10.3. The molecule has 1 saturated carbocycles. The van der Waals surface area contributed by atoms with Gasteiger partial charge in [-0.15, -0.1) is 0 Å². The molecule has 0 aromatic heterocycles. The predicted octanol–water partition coefficient (Wildman–Crippen LogP) is 3.77. The SMILES string of the molecule is COc1ccc(C[Se]c2ccccc2C#CC2CCCC2)cc1. The van der Waals surface area contributed by atoms with E-state index in [1.54, 1.807) is 7.11 Å². The molecule has 2 aromatic carbocycles. The van der Waals surface area contributed by atoms with Crippen molar-refractivity contribution < 1.29 is 4.74 Å². The van der Waals surface area contributed by atoms with Crippen LogP contribution in [0.15, 0.2) is 48.5 Å². The van der Waals surface area contributed by atoms with Crippen LogP contribution in [-0.2, 0) is 5.32 Å². The van der Waals surface area contributed by atoms with Crippen LogP contribution in [-0.4, -0.2) is 22.1 Å². The Bertz CT molecular complexity index is 688. The van der Waals surface area contributed by atoms with Crippen LogP contribution < -0.4 is 9.20 Å². The molecule has 0 N–H and O–H groups in total. The summed E-state index contributed by atoms with van der Waals surface area (Å²) in [6.07, 6.45) is 5.27. The molecule has 118 valence electrons. The van der Waals surface area contributed by atoms with Gasteiger partial charge in [0.2, 0.25) is 0 Å². The standard InChI is InChI=1S/C21H22OSe/c1-22-20-14-11-18(12-15-20)16-23-21-9-5-4-8-19(21)13-10-17-6-2-3-7-17/h4-5,8-9,11-12,14-15,17H,2-3,6-7,16H2,1H3. The molecular weight excluding hydrogens is 347 g/mol. The van der Waals surface area contributed by atoms with Crippen molar-refractivity contribution in [1.29, 1.82) is 0 Å². The molecule has 3 rings (SSSR count). The minimum atomic E-state index is 0.412. The molecule has 1 aliphatic rings. The number of benzene rings is 2. The first kappa shape index (κ1) is 16.2. The molecule has 0 atom stereocenters. The summed E-state index contributed by atoms with van der Waals surface area (Å²) >= 11 is 0.412. The first-order valence-electron chi connectivity index (χ1n) is 8.21. The van der Waals surface area contributed by atoms with Crippen molar-refractivity contribution in [2.24, 2.45) is 5.92 Å². The molecule has 23 heavy (non-hydrogen) atoms. The third-order valence-electron chi connectivity index (χ3n) is 4.21. The van der Waals surface area contributed by atoms with Gasteiger partial charge in [-0.25, -0.2) is 0 Å². The Morgan fingerprint density at radius 3 is 2.52 bits per heavy atom. The van der Waals surface area contributed by atoms with E-state index in [2.05, 4.69) is 48.2 Å². The molecule has 2 aromatic rings. The van der Waals surface area contributed by atoms with Crippen molar-refractivity contribution in [3.8, 4) is 17.6 Å². The summed E-state index contributed by atoms with van der Waals surface area (Å²) in [5, 5.41) is 1.10. The van der Waals surface area contributed by atoms with Crippen molar-refractivity contribution in [3.63, 3.8) is 0 Å². The maximum atomic E-state index is 5.22. The Balaban J connectivity index is 1.67. The van der Waals surface area contributed by atoms with Crippen molar-refractivity contribution in [3.05, 3.63) is 59.7 Å². The fourth-order valence-electron chi connectivity index (χ4n) is 2.83. The topological polar surface area (TPSA) is 9.23 Å². The zero-order valence-electron chi connectivity index (χ0n) is 13.5. The van der Waals surface area contributed by atoms with E-state index in [0.717, 1.165) is 11.1 Å². The summed E-state index contributed by atoms with van der Waals surface area (Å²) in [4.78, 5) is 0. The number of ether oxygens (including phenoxy) is 1. The maximum absolute atomic E-state index is 5.22. The van der Waals surface area contributed by atoms with E-state index in [0.29, 0.717) is 20.9 Å². The summed E-state index contributed by atoms with van der Waals surface area (Å²) in [6.45, 7) is 0. The molecule has 1 fully saturated rings. The number of rotatable bonds is 4. The summed E-state index contributed by atoms with van der Waals surface area (Å²) in [6, 6.07) is 17.0. The van der Waals surface area contributed by atoms with E-state index < -0.39 is 0 Å². The average Bonchev–Trinajstić information content (AvgIpc) is 3.13. The number of hydrogen-bond acceptors (Lipinski definition) is 1. The second kappa shape index (κ2) is 8.25. The van der Waals surface area contributed by atoms with Crippen LogP contribution >= 0.6 is 0 Å². The molecular formula is C21H22OSe. The summed E-state index contributed by atoms with van der Waals surface area (Å²) in [5.41, 5.74) is 2.59. The normalized spacial score (nSPS) is 14.3. The van der Waals surface area contributed by atoms with Crippen LogP contribution in [0.2, 0.25) is 0 Å². The van der Waals surface area contributed by atoms with Gasteiger partial charge in [-0.2, -0.15) is 0 Å².